The molecule has 0 aromatic carbocycles. The zero-order chi connectivity index (χ0) is 20.7. The third-order valence-electron chi connectivity index (χ3n) is 5.36. The summed E-state index contributed by atoms with van der Waals surface area (Å²) in [6.45, 7) is 7.25. The van der Waals surface area contributed by atoms with Crippen LogP contribution in [0.25, 0.3) is 22.3 Å². The number of nitrogens with one attached hydrogen (secondary N) is 4. The molecule has 9 heteroatoms. The molecule has 1 saturated heterocycles. The molecule has 1 aliphatic heterocycles. The van der Waals surface area contributed by atoms with E-state index in [1.807, 2.05) is 18.3 Å². The van der Waals surface area contributed by atoms with E-state index in [1.165, 1.54) is 0 Å². The molecule has 0 atom stereocenters. The smallest absolute Gasteiger partial charge is 0.273 e. The summed E-state index contributed by atoms with van der Waals surface area (Å²) in [6, 6.07) is 4.22. The summed E-state index contributed by atoms with van der Waals surface area (Å²) in [7, 11) is 0. The van der Waals surface area contributed by atoms with Crippen LogP contribution in [0.4, 0.5) is 5.69 Å². The molecule has 0 unspecified atom stereocenters. The highest BCUT2D eigenvalue weighted by molar-refractivity contribution is 6.47. The molecule has 3 aromatic rings. The molecule has 4 rings (SSSR count). The van der Waals surface area contributed by atoms with Crippen LogP contribution in [0, 0.1) is 12.3 Å². The lowest BCUT2D eigenvalue weighted by Crippen LogP contribution is -2.44. The highest BCUT2D eigenvalue weighted by Gasteiger charge is 2.23. The van der Waals surface area contributed by atoms with E-state index in [-0.39, 0.29) is 5.71 Å². The second-order valence-corrected chi connectivity index (χ2v) is 7.38. The van der Waals surface area contributed by atoms with Crippen molar-refractivity contribution >= 4 is 28.3 Å². The lowest BCUT2D eigenvalue weighted by atomic mass is 10.1. The molecule has 0 spiro atoms. The fraction of sp³-hybridized carbons (Fsp3) is 0.300. The van der Waals surface area contributed by atoms with Gasteiger partial charge in [-0.15, -0.1) is 0 Å². The molecule has 1 fully saturated rings. The fourth-order valence-electron chi connectivity index (χ4n) is 3.29. The minimum absolute atomic E-state index is 0.159. The van der Waals surface area contributed by atoms with Gasteiger partial charge in [-0.3, -0.25) is 14.9 Å². The van der Waals surface area contributed by atoms with E-state index < -0.39 is 5.91 Å². The summed E-state index contributed by atoms with van der Waals surface area (Å²) in [5.74, 6) is -0.518. The Morgan fingerprint density at radius 2 is 2.07 bits per heavy atom. The van der Waals surface area contributed by atoms with E-state index in [0.717, 1.165) is 41.1 Å². The summed E-state index contributed by atoms with van der Waals surface area (Å²) in [5, 5.41) is 19.3. The van der Waals surface area contributed by atoms with Crippen LogP contribution in [-0.2, 0) is 4.79 Å². The largest absolute Gasteiger partial charge is 0.402 e. The first-order valence-corrected chi connectivity index (χ1v) is 9.42. The summed E-state index contributed by atoms with van der Waals surface area (Å²) < 4.78 is 2.05. The average molecular weight is 392 g/mol. The molecule has 4 heterocycles. The Morgan fingerprint density at radius 1 is 1.31 bits per heavy atom. The standard InChI is InChI=1S/C20H24N8O/c1-10(11(2)21)18(22)20(29)26-14-4-13-5-17(27-19(13)24-6-14)16-9-25-28(12(16)3)15-7-23-8-15/h4-6,9,15,22-23H,7-8,21H2,1-3H3,(H,24,27)(H,26,29)/b11-10-,22-18?. The van der Waals surface area contributed by atoms with Crippen molar-refractivity contribution in [3.8, 4) is 11.3 Å². The third-order valence-corrected chi connectivity index (χ3v) is 5.36. The van der Waals surface area contributed by atoms with E-state index in [0.29, 0.717) is 23.0 Å². The number of aromatic nitrogens is 4. The van der Waals surface area contributed by atoms with E-state index in [2.05, 4.69) is 37.3 Å². The van der Waals surface area contributed by atoms with Gasteiger partial charge in [-0.1, -0.05) is 0 Å². The fourth-order valence-corrected chi connectivity index (χ4v) is 3.29. The van der Waals surface area contributed by atoms with E-state index in [9.17, 15) is 4.79 Å². The molecule has 0 radical (unpaired) electrons. The Bertz CT molecular complexity index is 1140. The van der Waals surface area contributed by atoms with Crippen molar-refractivity contribution < 1.29 is 4.79 Å². The zero-order valence-corrected chi connectivity index (χ0v) is 16.6. The van der Waals surface area contributed by atoms with Gasteiger partial charge in [0.1, 0.15) is 11.4 Å². The lowest BCUT2D eigenvalue weighted by molar-refractivity contribution is -0.110. The van der Waals surface area contributed by atoms with Gasteiger partial charge in [-0.2, -0.15) is 5.10 Å². The summed E-state index contributed by atoms with van der Waals surface area (Å²) in [6.07, 6.45) is 3.44. The van der Waals surface area contributed by atoms with Crippen molar-refractivity contribution in [3.05, 3.63) is 41.5 Å². The number of allylic oxidation sites excluding steroid dienone is 1. The molecule has 3 aromatic heterocycles. The minimum atomic E-state index is -0.518. The van der Waals surface area contributed by atoms with Crippen molar-refractivity contribution in [3.63, 3.8) is 0 Å². The number of carbonyl (C=O) groups excluding carboxylic acids is 1. The lowest BCUT2D eigenvalue weighted by Gasteiger charge is -2.28. The monoisotopic (exact) mass is 392 g/mol. The first-order valence-electron chi connectivity index (χ1n) is 9.42. The Morgan fingerprint density at radius 3 is 2.72 bits per heavy atom. The maximum Gasteiger partial charge on any atom is 0.273 e. The minimum Gasteiger partial charge on any atom is -0.402 e. The van der Waals surface area contributed by atoms with Crippen LogP contribution in [0.2, 0.25) is 0 Å². The van der Waals surface area contributed by atoms with E-state index in [4.69, 9.17) is 11.1 Å². The van der Waals surface area contributed by atoms with Crippen LogP contribution in [0.15, 0.2) is 35.8 Å². The number of rotatable bonds is 5. The van der Waals surface area contributed by atoms with Gasteiger partial charge in [0, 0.05) is 35.4 Å². The highest BCUT2D eigenvalue weighted by atomic mass is 16.1. The quantitative estimate of drug-likeness (QED) is 0.423. The predicted octanol–water partition coefficient (Wildman–Crippen LogP) is 2.09. The second kappa shape index (κ2) is 7.17. The molecule has 150 valence electrons. The van der Waals surface area contributed by atoms with E-state index in [1.54, 1.807) is 20.0 Å². The number of hydrogen-bond acceptors (Lipinski definition) is 6. The molecule has 0 saturated carbocycles. The zero-order valence-electron chi connectivity index (χ0n) is 16.6. The number of fused-ring (bicyclic) bond motifs is 1. The topological polar surface area (TPSA) is 138 Å². The normalized spacial score (nSPS) is 15.1. The number of hydrogen-bond donors (Lipinski definition) is 5. The molecule has 0 aliphatic carbocycles. The first kappa shape index (κ1) is 18.9. The SMILES string of the molecule is C/C(N)=C(\C)C(=N)C(=O)Nc1cnc2[nH]c(-c3cnn(C4CNC4)c3C)cc2c1. The van der Waals surface area contributed by atoms with Crippen LogP contribution >= 0.6 is 0 Å². The number of carbonyl (C=O) groups is 1. The molecule has 1 aliphatic rings. The van der Waals surface area contributed by atoms with Crippen molar-refractivity contribution in [1.82, 2.24) is 25.1 Å². The van der Waals surface area contributed by atoms with Gasteiger partial charge in [0.15, 0.2) is 0 Å². The van der Waals surface area contributed by atoms with Gasteiger partial charge in [0.25, 0.3) is 5.91 Å². The molecule has 6 N–H and O–H groups in total. The van der Waals surface area contributed by atoms with Crippen molar-refractivity contribution in [2.75, 3.05) is 18.4 Å². The number of anilines is 1. The van der Waals surface area contributed by atoms with Gasteiger partial charge >= 0.3 is 0 Å². The molecule has 9 nitrogen and oxygen atoms in total. The predicted molar refractivity (Wildman–Crippen MR) is 113 cm³/mol. The van der Waals surface area contributed by atoms with E-state index >= 15 is 0 Å². The number of H-pyrrole nitrogens is 1. The van der Waals surface area contributed by atoms with Gasteiger partial charge in [0.2, 0.25) is 0 Å². The average Bonchev–Trinajstić information content (AvgIpc) is 3.22. The van der Waals surface area contributed by atoms with Crippen LogP contribution in [0.5, 0.6) is 0 Å². The maximum atomic E-state index is 12.3. The van der Waals surface area contributed by atoms with Crippen molar-refractivity contribution in [2.24, 2.45) is 5.73 Å². The van der Waals surface area contributed by atoms with Crippen molar-refractivity contribution in [1.29, 1.82) is 5.41 Å². The number of nitrogens with zero attached hydrogens (tertiary/aromatic N) is 3. The van der Waals surface area contributed by atoms with Gasteiger partial charge in [0.05, 0.1) is 29.8 Å². The molecule has 1 amide bonds. The first-order chi connectivity index (χ1) is 13.8. The van der Waals surface area contributed by atoms with Gasteiger partial charge in [-0.05, 0) is 38.5 Å². The van der Waals surface area contributed by atoms with Crippen LogP contribution in [0.1, 0.15) is 25.6 Å². The second-order valence-electron chi connectivity index (χ2n) is 7.38. The number of aromatic amines is 1. The van der Waals surface area contributed by atoms with Gasteiger partial charge < -0.3 is 21.4 Å². The van der Waals surface area contributed by atoms with Gasteiger partial charge in [-0.25, -0.2) is 4.98 Å². The van der Waals surface area contributed by atoms with Crippen LogP contribution < -0.4 is 16.4 Å². The Balaban J connectivity index is 1.58. The Labute approximate surface area is 167 Å². The molecule has 0 bridgehead atoms. The van der Waals surface area contributed by atoms with Crippen molar-refractivity contribution in [2.45, 2.75) is 26.8 Å². The molecular weight excluding hydrogens is 368 g/mol. The number of pyridine rings is 1. The third kappa shape index (κ3) is 3.40. The highest BCUT2D eigenvalue weighted by Crippen LogP contribution is 2.28. The summed E-state index contributed by atoms with van der Waals surface area (Å²) in [4.78, 5) is 20.0. The Kier molecular flexibility index (Phi) is 4.67. The maximum absolute atomic E-state index is 12.3. The summed E-state index contributed by atoms with van der Waals surface area (Å²) >= 11 is 0. The molecule has 29 heavy (non-hydrogen) atoms. The van der Waals surface area contributed by atoms with Crippen LogP contribution in [0.3, 0.4) is 0 Å². The van der Waals surface area contributed by atoms with Crippen LogP contribution in [-0.4, -0.2) is 44.5 Å². The number of nitrogens with two attached hydrogens (primary N) is 1. The number of amides is 1. The summed E-state index contributed by atoms with van der Waals surface area (Å²) in [5.41, 5.74) is 10.7. The molecular formula is C20H24N8O. The Hall–Kier alpha value is -3.46.